The minimum atomic E-state index is -0.967. The molecule has 2 spiro atoms. The topological polar surface area (TPSA) is 125 Å². The minimum absolute atomic E-state index is 0.0113. The minimum Gasteiger partial charge on any atom is -0.461 e. The molecule has 46 heavy (non-hydrogen) atoms. The Morgan fingerprint density at radius 3 is 2.52 bits per heavy atom. The predicted octanol–water partition coefficient (Wildman–Crippen LogP) is 5.40. The highest BCUT2D eigenvalue weighted by Crippen LogP contribution is 2.76. The van der Waals surface area contributed by atoms with E-state index in [0.29, 0.717) is 44.1 Å². The van der Waals surface area contributed by atoms with Crippen LogP contribution in [0.3, 0.4) is 0 Å². The number of hydrogen-bond acceptors (Lipinski definition) is 9. The van der Waals surface area contributed by atoms with Crippen LogP contribution < -0.4 is 0 Å². The van der Waals surface area contributed by atoms with E-state index in [1.165, 1.54) is 6.92 Å². The second-order valence-electron chi connectivity index (χ2n) is 15.7. The Morgan fingerprint density at radius 1 is 1.15 bits per heavy atom. The number of ether oxygens (including phenoxy) is 4. The van der Waals surface area contributed by atoms with Gasteiger partial charge in [0, 0.05) is 55.1 Å². The van der Waals surface area contributed by atoms with E-state index in [9.17, 15) is 24.3 Å². The predicted molar refractivity (Wildman–Crippen MR) is 168 cm³/mol. The lowest BCUT2D eigenvalue weighted by Gasteiger charge is -2.46. The van der Waals surface area contributed by atoms with Gasteiger partial charge in [-0.3, -0.25) is 14.4 Å². The van der Waals surface area contributed by atoms with Crippen LogP contribution in [0, 0.1) is 46.3 Å². The summed E-state index contributed by atoms with van der Waals surface area (Å²) >= 11 is 0. The van der Waals surface area contributed by atoms with E-state index in [-0.39, 0.29) is 66.6 Å². The van der Waals surface area contributed by atoms with E-state index < -0.39 is 40.5 Å². The van der Waals surface area contributed by atoms with Gasteiger partial charge in [-0.2, -0.15) is 0 Å². The lowest BCUT2D eigenvalue weighted by Crippen LogP contribution is -2.48. The van der Waals surface area contributed by atoms with Crippen LogP contribution in [0.4, 0.5) is 0 Å². The van der Waals surface area contributed by atoms with Crippen molar-refractivity contribution in [3.8, 4) is 0 Å². The third-order valence-corrected chi connectivity index (χ3v) is 12.5. The summed E-state index contributed by atoms with van der Waals surface area (Å²) in [7, 11) is 0. The number of carbonyl (C=O) groups excluding carboxylic acids is 4. The van der Waals surface area contributed by atoms with Gasteiger partial charge in [0.05, 0.1) is 5.41 Å². The maximum atomic E-state index is 14.5. The maximum absolute atomic E-state index is 14.5. The van der Waals surface area contributed by atoms with E-state index in [1.807, 2.05) is 20.8 Å². The van der Waals surface area contributed by atoms with Gasteiger partial charge in [-0.1, -0.05) is 51.5 Å². The third-order valence-electron chi connectivity index (χ3n) is 12.5. The quantitative estimate of drug-likeness (QED) is 0.161. The molecule has 1 N–H and O–H groups in total. The van der Waals surface area contributed by atoms with Crippen molar-refractivity contribution in [2.45, 2.75) is 117 Å². The number of fused-ring (bicyclic) bond motifs is 5. The number of aliphatic hydroxyl groups excluding tert-OH is 1. The molecule has 9 heteroatoms. The summed E-state index contributed by atoms with van der Waals surface area (Å²) in [6.07, 6.45) is 4.35. The van der Waals surface area contributed by atoms with Crippen LogP contribution in [0.1, 0.15) is 93.4 Å². The average molecular weight is 639 g/mol. The molecule has 2 saturated heterocycles. The van der Waals surface area contributed by atoms with Gasteiger partial charge in [0.25, 0.3) is 0 Å². The SMILES string of the molecule is C=C1C(=O)O[C@H]2C[C@H](C)[C@@]34C[C@@]5(C(=O)O[C@@H]6C[C@](C)(OC(=O)CC(C)C)C([C@@H](C)CCCO)=C[C@@H]65)[C@@H](C(C)=C3C[C@H]12)C4OC(C)=O. The molecule has 2 bridgehead atoms. The Labute approximate surface area is 272 Å². The highest BCUT2D eigenvalue weighted by molar-refractivity contribution is 5.91. The Morgan fingerprint density at radius 2 is 1.87 bits per heavy atom. The standard InChI is InChI=1S/C37H50O9/c1-18(2)12-30(40)46-35(8)16-29-27(15-25(35)19(3)10-9-11-38)37(34(42)45-29)17-36-20(4)13-28-24(21(5)33(41)44-28)14-26(36)22(6)31(37)32(36)43-23(7)39/h15,18-20,24,27-29,31-32,38H,5,9-14,16-17H2,1-4,6-8H3/t19-,20-,24+,27-,28-,29+,31-,32?,35-,36-,37-/m0/s1. The molecule has 0 aromatic heterocycles. The molecule has 6 aliphatic rings. The molecule has 0 aromatic carbocycles. The summed E-state index contributed by atoms with van der Waals surface area (Å²) in [5.41, 5.74) is 1.08. The van der Waals surface area contributed by atoms with Crippen LogP contribution in [0.15, 0.2) is 34.9 Å². The summed E-state index contributed by atoms with van der Waals surface area (Å²) in [6.45, 7) is 17.7. The maximum Gasteiger partial charge on any atom is 0.334 e. The monoisotopic (exact) mass is 638 g/mol. The zero-order valence-electron chi connectivity index (χ0n) is 28.4. The first-order valence-electron chi connectivity index (χ1n) is 17.1. The first kappa shape index (κ1) is 33.0. The zero-order chi connectivity index (χ0) is 33.5. The Kier molecular flexibility index (Phi) is 8.13. The summed E-state index contributed by atoms with van der Waals surface area (Å²) in [5, 5.41) is 9.64. The fourth-order valence-corrected chi connectivity index (χ4v) is 10.7. The fourth-order valence-electron chi connectivity index (χ4n) is 10.7. The van der Waals surface area contributed by atoms with Crippen molar-refractivity contribution in [1.29, 1.82) is 0 Å². The van der Waals surface area contributed by atoms with Crippen LogP contribution in [0.5, 0.6) is 0 Å². The number of hydrogen-bond donors (Lipinski definition) is 1. The van der Waals surface area contributed by atoms with Crippen molar-refractivity contribution in [2.24, 2.45) is 46.3 Å². The van der Waals surface area contributed by atoms with Crippen LogP contribution in [-0.2, 0) is 38.1 Å². The molecular weight excluding hydrogens is 588 g/mol. The first-order chi connectivity index (χ1) is 21.6. The van der Waals surface area contributed by atoms with Gasteiger partial charge in [0.1, 0.15) is 23.9 Å². The van der Waals surface area contributed by atoms with E-state index in [1.54, 1.807) is 0 Å². The van der Waals surface area contributed by atoms with Crippen molar-refractivity contribution in [2.75, 3.05) is 6.61 Å². The van der Waals surface area contributed by atoms with Crippen LogP contribution in [0.2, 0.25) is 0 Å². The van der Waals surface area contributed by atoms with Gasteiger partial charge in [0.15, 0.2) is 0 Å². The van der Waals surface area contributed by atoms with Crippen LogP contribution >= 0.6 is 0 Å². The molecule has 11 atom stereocenters. The number of rotatable bonds is 8. The smallest absolute Gasteiger partial charge is 0.334 e. The molecule has 2 saturated carbocycles. The molecule has 0 radical (unpaired) electrons. The molecule has 2 heterocycles. The Bertz CT molecular complexity index is 1420. The molecule has 6 rings (SSSR count). The second kappa shape index (κ2) is 11.3. The third kappa shape index (κ3) is 4.65. The number of carbonyl (C=O) groups is 4. The molecule has 4 aliphatic carbocycles. The second-order valence-corrected chi connectivity index (χ2v) is 15.7. The van der Waals surface area contributed by atoms with Gasteiger partial charge in [-0.05, 0) is 69.3 Å². The lowest BCUT2D eigenvalue weighted by atomic mass is 9.56. The van der Waals surface area contributed by atoms with E-state index in [4.69, 9.17) is 18.9 Å². The largest absolute Gasteiger partial charge is 0.461 e. The average Bonchev–Trinajstić information content (AvgIpc) is 3.53. The van der Waals surface area contributed by atoms with E-state index in [2.05, 4.69) is 33.4 Å². The van der Waals surface area contributed by atoms with Crippen molar-refractivity contribution in [1.82, 2.24) is 0 Å². The van der Waals surface area contributed by atoms with Crippen molar-refractivity contribution >= 4 is 23.9 Å². The molecule has 1 unspecified atom stereocenters. The highest BCUT2D eigenvalue weighted by atomic mass is 16.6. The van der Waals surface area contributed by atoms with Crippen LogP contribution in [0.25, 0.3) is 0 Å². The summed E-state index contributed by atoms with van der Waals surface area (Å²) in [5.74, 6) is -2.09. The highest BCUT2D eigenvalue weighted by Gasteiger charge is 2.79. The fraction of sp³-hybridized carbons (Fsp3) is 0.730. The van der Waals surface area contributed by atoms with E-state index in [0.717, 1.165) is 16.7 Å². The molecular formula is C37H50O9. The van der Waals surface area contributed by atoms with E-state index >= 15 is 0 Å². The molecule has 0 aromatic rings. The van der Waals surface area contributed by atoms with Crippen molar-refractivity contribution in [3.05, 3.63) is 34.9 Å². The van der Waals surface area contributed by atoms with Crippen LogP contribution in [-0.4, -0.2) is 59.5 Å². The number of aliphatic hydroxyl groups is 1. The van der Waals surface area contributed by atoms with Gasteiger partial charge in [-0.15, -0.1) is 0 Å². The van der Waals surface area contributed by atoms with Crippen molar-refractivity contribution < 1.29 is 43.2 Å². The molecule has 2 aliphatic heterocycles. The molecule has 0 amide bonds. The normalized spacial score (nSPS) is 41.5. The Balaban J connectivity index is 1.47. The van der Waals surface area contributed by atoms with Crippen molar-refractivity contribution in [3.63, 3.8) is 0 Å². The first-order valence-corrected chi connectivity index (χ1v) is 17.1. The van der Waals surface area contributed by atoms with Gasteiger partial charge < -0.3 is 24.1 Å². The molecule has 252 valence electrons. The zero-order valence-corrected chi connectivity index (χ0v) is 28.4. The molecule has 4 fully saturated rings. The summed E-state index contributed by atoms with van der Waals surface area (Å²) in [6, 6.07) is 0. The lowest BCUT2D eigenvalue weighted by molar-refractivity contribution is -0.161. The Hall–Kier alpha value is -2.94. The van der Waals surface area contributed by atoms with Gasteiger partial charge in [-0.25, -0.2) is 4.79 Å². The summed E-state index contributed by atoms with van der Waals surface area (Å²) in [4.78, 5) is 52.8. The van der Waals surface area contributed by atoms with Gasteiger partial charge >= 0.3 is 23.9 Å². The summed E-state index contributed by atoms with van der Waals surface area (Å²) < 4.78 is 24.6. The van der Waals surface area contributed by atoms with Gasteiger partial charge in [0.2, 0.25) is 0 Å². The molecule has 9 nitrogen and oxygen atoms in total. The number of esters is 4.